The fourth-order valence-corrected chi connectivity index (χ4v) is 8.02. The third-order valence-electron chi connectivity index (χ3n) is 10.0. The Balaban J connectivity index is 0.000000182. The number of para-hydroxylation sites is 4. The number of halogens is 4. The summed E-state index contributed by atoms with van der Waals surface area (Å²) in [4.78, 5) is 53.7. The molecule has 2 aromatic heterocycles. The highest BCUT2D eigenvalue weighted by Gasteiger charge is 2.29. The van der Waals surface area contributed by atoms with Crippen LogP contribution in [0.15, 0.2) is 84.9 Å². The van der Waals surface area contributed by atoms with Crippen LogP contribution >= 0.6 is 46.4 Å². The maximum atomic E-state index is 13.4. The van der Waals surface area contributed by atoms with E-state index in [0.29, 0.717) is 113 Å². The van der Waals surface area contributed by atoms with Gasteiger partial charge in [-0.1, -0.05) is 70.7 Å². The molecule has 0 atom stereocenters. The van der Waals surface area contributed by atoms with Gasteiger partial charge in [0.15, 0.2) is 5.82 Å². The molecule has 0 aliphatic carbocycles. The Hall–Kier alpha value is -5.54. The van der Waals surface area contributed by atoms with E-state index in [0.717, 1.165) is 16.9 Å². The summed E-state index contributed by atoms with van der Waals surface area (Å²) in [5.74, 6) is 1.35. The minimum absolute atomic E-state index is 0.117. The van der Waals surface area contributed by atoms with Crippen LogP contribution in [0.4, 0.5) is 32.6 Å². The van der Waals surface area contributed by atoms with E-state index in [9.17, 15) is 9.59 Å². The van der Waals surface area contributed by atoms with Crippen LogP contribution in [-0.2, 0) is 0 Å². The lowest BCUT2D eigenvalue weighted by atomic mass is 10.2. The summed E-state index contributed by atoms with van der Waals surface area (Å²) in [5, 5.41) is 5.20. The van der Waals surface area contributed by atoms with Crippen molar-refractivity contribution in [1.29, 1.82) is 0 Å². The first-order valence-electron chi connectivity index (χ1n) is 19.2. The van der Waals surface area contributed by atoms with Crippen molar-refractivity contribution < 1.29 is 19.1 Å². The van der Waals surface area contributed by atoms with Crippen molar-refractivity contribution in [1.82, 2.24) is 29.7 Å². The van der Waals surface area contributed by atoms with Gasteiger partial charge < -0.3 is 29.1 Å². The summed E-state index contributed by atoms with van der Waals surface area (Å²) < 4.78 is 10.8. The van der Waals surface area contributed by atoms with Crippen LogP contribution in [0.2, 0.25) is 20.1 Å². The average Bonchev–Trinajstić information content (AvgIpc) is 3.25. The standard InChI is InChI=1S/C22H23Cl2N5O2.C20H19Cl2N5O2/c1-3-29(20-21(31-2)26-19-7-5-4-6-18(19)25-20)22(30)28-10-8-27(9-11-28)17-13-15(23)12-16(24)14-17;1-29-19-18(23-16-4-2-3-5-17(16)24-19)25-20(28)27-8-6-26(7-9-27)15-11-13(21)10-14(22)12-15/h4-7,12-14H,3,8-11H2,1-2H3;2-5,10-12H,6-9H2,1H3,(H,23,25,28). The number of rotatable bonds is 7. The molecule has 0 bridgehead atoms. The molecule has 2 aliphatic heterocycles. The number of hydrogen-bond donors (Lipinski definition) is 1. The number of aromatic nitrogens is 4. The lowest BCUT2D eigenvalue weighted by Gasteiger charge is -2.38. The number of urea groups is 2. The molecule has 4 heterocycles. The Kier molecular flexibility index (Phi) is 13.6. The van der Waals surface area contributed by atoms with Gasteiger partial charge in [0.2, 0.25) is 5.82 Å². The molecule has 1 N–H and O–H groups in total. The van der Waals surface area contributed by atoms with Gasteiger partial charge in [-0.25, -0.2) is 29.5 Å². The first-order chi connectivity index (χ1) is 29.0. The molecule has 0 saturated carbocycles. The van der Waals surface area contributed by atoms with Crippen LogP contribution in [0.3, 0.4) is 0 Å². The predicted octanol–water partition coefficient (Wildman–Crippen LogP) is 9.01. The lowest BCUT2D eigenvalue weighted by Crippen LogP contribution is -2.53. The number of methoxy groups -OCH3 is 2. The normalized spacial score (nSPS) is 14.1. The monoisotopic (exact) mass is 890 g/mol. The Morgan fingerprint density at radius 1 is 0.600 bits per heavy atom. The SMILES string of the molecule is CCN(C(=O)N1CCN(c2cc(Cl)cc(Cl)c2)CC1)c1nc2ccccc2nc1OC.COc1nc2ccccc2nc1NC(=O)N1CCN(c2cc(Cl)cc(Cl)c2)CC1. The third-order valence-corrected chi connectivity index (χ3v) is 10.9. The van der Waals surface area contributed by atoms with Gasteiger partial charge in [-0.15, -0.1) is 0 Å². The van der Waals surface area contributed by atoms with Gasteiger partial charge in [0.1, 0.15) is 0 Å². The summed E-state index contributed by atoms with van der Waals surface area (Å²) in [6.07, 6.45) is 0. The van der Waals surface area contributed by atoms with Gasteiger partial charge in [-0.05, 0) is 67.6 Å². The molecule has 60 heavy (non-hydrogen) atoms. The van der Waals surface area contributed by atoms with Crippen LogP contribution in [-0.4, -0.2) is 115 Å². The van der Waals surface area contributed by atoms with Gasteiger partial charge >= 0.3 is 12.1 Å². The molecule has 2 fully saturated rings. The minimum Gasteiger partial charge on any atom is -0.478 e. The van der Waals surface area contributed by atoms with Crippen molar-refractivity contribution in [3.63, 3.8) is 0 Å². The van der Waals surface area contributed by atoms with E-state index in [4.69, 9.17) is 55.9 Å². The molecular weight excluding hydrogens is 850 g/mol. The number of ether oxygens (including phenoxy) is 2. The number of fused-ring (bicyclic) bond motifs is 2. The summed E-state index contributed by atoms with van der Waals surface area (Å²) in [7, 11) is 3.04. The second-order valence-electron chi connectivity index (χ2n) is 13.8. The van der Waals surface area contributed by atoms with E-state index in [-0.39, 0.29) is 17.9 Å². The second kappa shape index (κ2) is 19.2. The van der Waals surface area contributed by atoms with Crippen LogP contribution in [0, 0.1) is 0 Å². The third kappa shape index (κ3) is 9.90. The molecule has 18 heteroatoms. The van der Waals surface area contributed by atoms with Crippen LogP contribution < -0.4 is 29.5 Å². The average molecular weight is 893 g/mol. The Labute approximate surface area is 367 Å². The number of carbonyl (C=O) groups is 2. The maximum absolute atomic E-state index is 13.4. The highest BCUT2D eigenvalue weighted by molar-refractivity contribution is 6.35. The number of benzene rings is 4. The van der Waals surface area contributed by atoms with Gasteiger partial charge in [-0.2, -0.15) is 0 Å². The molecule has 312 valence electrons. The fourth-order valence-electron chi connectivity index (χ4n) is 6.99. The van der Waals surface area contributed by atoms with E-state index in [1.807, 2.05) is 84.6 Å². The molecule has 4 aromatic carbocycles. The Morgan fingerprint density at radius 2 is 1.02 bits per heavy atom. The highest BCUT2D eigenvalue weighted by atomic mass is 35.5. The van der Waals surface area contributed by atoms with Gasteiger partial charge in [0.05, 0.1) is 36.3 Å². The van der Waals surface area contributed by atoms with E-state index >= 15 is 0 Å². The van der Waals surface area contributed by atoms with Crippen molar-refractivity contribution in [2.75, 3.05) is 93.1 Å². The van der Waals surface area contributed by atoms with Gasteiger partial charge in [0.25, 0.3) is 11.8 Å². The molecule has 0 spiro atoms. The highest BCUT2D eigenvalue weighted by Crippen LogP contribution is 2.31. The van der Waals surface area contributed by atoms with E-state index in [1.54, 1.807) is 21.9 Å². The molecule has 0 radical (unpaired) electrons. The predicted molar refractivity (Wildman–Crippen MR) is 240 cm³/mol. The van der Waals surface area contributed by atoms with E-state index in [2.05, 4.69) is 35.1 Å². The molecule has 6 aromatic rings. The minimum atomic E-state index is -0.239. The van der Waals surface area contributed by atoms with Crippen LogP contribution in [0.5, 0.6) is 11.8 Å². The molecule has 2 aliphatic rings. The summed E-state index contributed by atoms with van der Waals surface area (Å²) in [5.41, 5.74) is 4.73. The quantitative estimate of drug-likeness (QED) is 0.166. The van der Waals surface area contributed by atoms with Gasteiger partial charge in [-0.3, -0.25) is 10.2 Å². The number of nitrogens with one attached hydrogen (secondary N) is 1. The second-order valence-corrected chi connectivity index (χ2v) is 15.5. The molecule has 8 rings (SSSR count). The summed E-state index contributed by atoms with van der Waals surface area (Å²) in [6, 6.07) is 25.5. The molecule has 4 amide bonds. The van der Waals surface area contributed by atoms with Crippen LogP contribution in [0.1, 0.15) is 6.92 Å². The molecule has 14 nitrogen and oxygen atoms in total. The zero-order valence-electron chi connectivity index (χ0n) is 33.1. The molecule has 2 saturated heterocycles. The van der Waals surface area contributed by atoms with Crippen molar-refractivity contribution >= 4 is 104 Å². The summed E-state index contributed by atoms with van der Waals surface area (Å²) >= 11 is 24.5. The molecular formula is C42H42Cl4N10O4. The van der Waals surface area contributed by atoms with Crippen molar-refractivity contribution in [3.8, 4) is 11.8 Å². The number of nitrogens with zero attached hydrogens (tertiary/aromatic N) is 9. The number of hydrogen-bond acceptors (Lipinski definition) is 10. The lowest BCUT2D eigenvalue weighted by molar-refractivity contribution is 0.201. The molecule has 0 unspecified atom stereocenters. The summed E-state index contributed by atoms with van der Waals surface area (Å²) in [6.45, 7) is 7.32. The number of piperazine rings is 2. The van der Waals surface area contributed by atoms with Gasteiger partial charge in [0, 0.05) is 90.4 Å². The number of amides is 4. The van der Waals surface area contributed by atoms with Crippen molar-refractivity contribution in [2.24, 2.45) is 0 Å². The van der Waals surface area contributed by atoms with E-state index < -0.39 is 0 Å². The first kappa shape index (κ1) is 42.6. The Morgan fingerprint density at radius 3 is 1.47 bits per heavy atom. The maximum Gasteiger partial charge on any atom is 0.325 e. The first-order valence-corrected chi connectivity index (χ1v) is 20.7. The van der Waals surface area contributed by atoms with E-state index in [1.165, 1.54) is 14.2 Å². The number of carbonyl (C=O) groups excluding carboxylic acids is 2. The smallest absolute Gasteiger partial charge is 0.325 e. The topological polar surface area (TPSA) is 132 Å². The van der Waals surface area contributed by atoms with Crippen molar-refractivity contribution in [2.45, 2.75) is 6.92 Å². The fraction of sp³-hybridized carbons (Fsp3) is 0.286. The zero-order chi connectivity index (χ0) is 42.3. The Bertz CT molecular complexity index is 2460. The largest absolute Gasteiger partial charge is 0.478 e. The zero-order valence-corrected chi connectivity index (χ0v) is 36.1. The van der Waals surface area contributed by atoms with Crippen LogP contribution in [0.25, 0.3) is 22.1 Å². The van der Waals surface area contributed by atoms with Crippen molar-refractivity contribution in [3.05, 3.63) is 105 Å². The number of anilines is 4.